The lowest BCUT2D eigenvalue weighted by atomic mass is 10.1. The van der Waals surface area contributed by atoms with E-state index in [9.17, 15) is 4.79 Å². The van der Waals surface area contributed by atoms with E-state index in [-0.39, 0.29) is 5.69 Å². The van der Waals surface area contributed by atoms with Crippen LogP contribution in [-0.2, 0) is 4.74 Å². The van der Waals surface area contributed by atoms with Gasteiger partial charge in [-0.25, -0.2) is 4.79 Å². The molecule has 0 unspecified atom stereocenters. The van der Waals surface area contributed by atoms with Gasteiger partial charge in [-0.3, -0.25) is 0 Å². The summed E-state index contributed by atoms with van der Waals surface area (Å²) in [5.41, 5.74) is 1.58. The van der Waals surface area contributed by atoms with E-state index in [2.05, 4.69) is 22.3 Å². The van der Waals surface area contributed by atoms with E-state index in [0.717, 1.165) is 11.3 Å². The zero-order chi connectivity index (χ0) is 13.7. The summed E-state index contributed by atoms with van der Waals surface area (Å²) in [5, 5.41) is 10.3. The maximum absolute atomic E-state index is 11.7. The molecular weight excluding hydrogens is 262 g/mol. The molecule has 0 amide bonds. The van der Waals surface area contributed by atoms with Crippen molar-refractivity contribution in [1.82, 2.24) is 15.4 Å². The van der Waals surface area contributed by atoms with Crippen molar-refractivity contribution >= 4 is 17.7 Å². The first kappa shape index (κ1) is 13.6. The number of aromatic nitrogens is 3. The molecule has 1 N–H and O–H groups in total. The van der Waals surface area contributed by atoms with Crippen LogP contribution in [0.5, 0.6) is 0 Å². The summed E-state index contributed by atoms with van der Waals surface area (Å²) in [6, 6.07) is 7.87. The van der Waals surface area contributed by atoms with Crippen LogP contribution >= 0.6 is 11.8 Å². The summed E-state index contributed by atoms with van der Waals surface area (Å²) in [6.45, 7) is 4.18. The van der Waals surface area contributed by atoms with E-state index < -0.39 is 5.97 Å². The molecule has 0 aliphatic carbocycles. The third-order valence-electron chi connectivity index (χ3n) is 2.46. The van der Waals surface area contributed by atoms with Crippen LogP contribution < -0.4 is 0 Å². The van der Waals surface area contributed by atoms with Crippen LogP contribution in [0.25, 0.3) is 11.3 Å². The summed E-state index contributed by atoms with van der Waals surface area (Å²) in [5.74, 6) is 0.565. The molecule has 0 radical (unpaired) electrons. The van der Waals surface area contributed by atoms with Gasteiger partial charge in [0.2, 0.25) is 0 Å². The lowest BCUT2D eigenvalue weighted by Crippen LogP contribution is -2.06. The van der Waals surface area contributed by atoms with Gasteiger partial charge in [-0.1, -0.05) is 19.1 Å². The monoisotopic (exact) mass is 277 g/mol. The Labute approximate surface area is 115 Å². The molecule has 2 rings (SSSR count). The van der Waals surface area contributed by atoms with Gasteiger partial charge >= 0.3 is 5.97 Å². The van der Waals surface area contributed by atoms with Gasteiger partial charge in [-0.15, -0.1) is 16.9 Å². The lowest BCUT2D eigenvalue weighted by Gasteiger charge is -2.02. The van der Waals surface area contributed by atoms with Crippen LogP contribution in [0.2, 0.25) is 0 Å². The number of esters is 1. The van der Waals surface area contributed by atoms with Gasteiger partial charge in [0, 0.05) is 10.5 Å². The van der Waals surface area contributed by atoms with E-state index in [1.54, 1.807) is 18.7 Å². The Balaban J connectivity index is 2.26. The van der Waals surface area contributed by atoms with Gasteiger partial charge in [-0.2, -0.15) is 10.3 Å². The Morgan fingerprint density at radius 3 is 2.63 bits per heavy atom. The van der Waals surface area contributed by atoms with Crippen LogP contribution in [0.4, 0.5) is 0 Å². The van der Waals surface area contributed by atoms with Crippen molar-refractivity contribution in [3.8, 4) is 11.3 Å². The number of hydrogen-bond acceptors (Lipinski definition) is 5. The summed E-state index contributed by atoms with van der Waals surface area (Å²) >= 11 is 1.76. The predicted octanol–water partition coefficient (Wildman–Crippen LogP) is 2.76. The molecule has 0 fully saturated rings. The molecule has 1 heterocycles. The molecule has 1 aromatic heterocycles. The first-order chi connectivity index (χ1) is 9.26. The first-order valence-corrected chi connectivity index (χ1v) is 7.06. The van der Waals surface area contributed by atoms with Crippen molar-refractivity contribution in [3.63, 3.8) is 0 Å². The second-order valence-corrected chi connectivity index (χ2v) is 5.04. The average Bonchev–Trinajstić information content (AvgIpc) is 2.89. The van der Waals surface area contributed by atoms with Crippen molar-refractivity contribution in [3.05, 3.63) is 30.0 Å². The predicted molar refractivity (Wildman–Crippen MR) is 74.2 cm³/mol. The highest BCUT2D eigenvalue weighted by molar-refractivity contribution is 7.99. The standard InChI is InChI=1S/C13H15N3O2S/c1-3-18-13(17)12-11(14-16-15-12)9-5-7-10(8-6-9)19-4-2/h5-8H,3-4H2,1-2H3,(H,14,15,16). The van der Waals surface area contributed by atoms with Gasteiger partial charge in [0.1, 0.15) is 5.69 Å². The number of thioether (sulfide) groups is 1. The summed E-state index contributed by atoms with van der Waals surface area (Å²) in [4.78, 5) is 12.9. The van der Waals surface area contributed by atoms with Crippen molar-refractivity contribution in [1.29, 1.82) is 0 Å². The number of aromatic amines is 1. The molecule has 0 aliphatic heterocycles. The number of nitrogens with zero attached hydrogens (tertiary/aromatic N) is 2. The normalized spacial score (nSPS) is 10.4. The maximum atomic E-state index is 11.7. The number of hydrogen-bond donors (Lipinski definition) is 1. The SMILES string of the molecule is CCOC(=O)c1n[nH]nc1-c1ccc(SCC)cc1. The fraction of sp³-hybridized carbons (Fsp3) is 0.308. The number of ether oxygens (including phenoxy) is 1. The van der Waals surface area contributed by atoms with E-state index in [0.29, 0.717) is 12.3 Å². The first-order valence-electron chi connectivity index (χ1n) is 6.07. The Bertz CT molecular complexity index is 551. The molecule has 100 valence electrons. The van der Waals surface area contributed by atoms with Crippen LogP contribution in [0.3, 0.4) is 0 Å². The number of carbonyl (C=O) groups excluding carboxylic acids is 1. The van der Waals surface area contributed by atoms with Crippen molar-refractivity contribution in [2.45, 2.75) is 18.7 Å². The fourth-order valence-electron chi connectivity index (χ4n) is 1.65. The Kier molecular flexibility index (Phi) is 4.57. The Morgan fingerprint density at radius 2 is 2.00 bits per heavy atom. The molecule has 0 aliphatic rings. The van der Waals surface area contributed by atoms with Gasteiger partial charge in [0.15, 0.2) is 5.69 Å². The van der Waals surface area contributed by atoms with Gasteiger partial charge in [0.25, 0.3) is 0 Å². The molecule has 0 bridgehead atoms. The molecule has 5 nitrogen and oxygen atoms in total. The van der Waals surface area contributed by atoms with Crippen molar-refractivity contribution in [2.75, 3.05) is 12.4 Å². The van der Waals surface area contributed by atoms with E-state index >= 15 is 0 Å². The molecule has 1 aromatic carbocycles. The minimum Gasteiger partial charge on any atom is -0.461 e. The van der Waals surface area contributed by atoms with Gasteiger partial charge in [-0.05, 0) is 24.8 Å². The van der Waals surface area contributed by atoms with Gasteiger partial charge in [0.05, 0.1) is 6.61 Å². The average molecular weight is 277 g/mol. The van der Waals surface area contributed by atoms with Crippen molar-refractivity contribution < 1.29 is 9.53 Å². The smallest absolute Gasteiger partial charge is 0.361 e. The molecule has 0 spiro atoms. The zero-order valence-corrected chi connectivity index (χ0v) is 11.7. The fourth-order valence-corrected chi connectivity index (χ4v) is 2.31. The zero-order valence-electron chi connectivity index (χ0n) is 10.8. The van der Waals surface area contributed by atoms with E-state index in [1.807, 2.05) is 24.3 Å². The molecule has 19 heavy (non-hydrogen) atoms. The number of carbonyl (C=O) groups is 1. The lowest BCUT2D eigenvalue weighted by molar-refractivity contribution is 0.0520. The topological polar surface area (TPSA) is 67.9 Å². The minimum absolute atomic E-state index is 0.220. The largest absolute Gasteiger partial charge is 0.461 e. The number of rotatable bonds is 5. The quantitative estimate of drug-likeness (QED) is 0.672. The van der Waals surface area contributed by atoms with Crippen LogP contribution in [0.15, 0.2) is 29.2 Å². The summed E-state index contributed by atoms with van der Waals surface area (Å²) in [7, 11) is 0. The number of H-pyrrole nitrogens is 1. The summed E-state index contributed by atoms with van der Waals surface area (Å²) in [6.07, 6.45) is 0. The summed E-state index contributed by atoms with van der Waals surface area (Å²) < 4.78 is 4.95. The number of nitrogens with one attached hydrogen (secondary N) is 1. The molecule has 6 heteroatoms. The maximum Gasteiger partial charge on any atom is 0.361 e. The molecule has 2 aromatic rings. The van der Waals surface area contributed by atoms with Gasteiger partial charge < -0.3 is 4.74 Å². The highest BCUT2D eigenvalue weighted by atomic mass is 32.2. The Morgan fingerprint density at radius 1 is 1.26 bits per heavy atom. The van der Waals surface area contributed by atoms with Crippen molar-refractivity contribution in [2.24, 2.45) is 0 Å². The second-order valence-electron chi connectivity index (χ2n) is 3.70. The highest BCUT2D eigenvalue weighted by Gasteiger charge is 2.18. The minimum atomic E-state index is -0.460. The molecule has 0 saturated heterocycles. The number of benzene rings is 1. The van der Waals surface area contributed by atoms with E-state index in [4.69, 9.17) is 4.74 Å². The third-order valence-corrected chi connectivity index (χ3v) is 3.35. The highest BCUT2D eigenvalue weighted by Crippen LogP contribution is 2.24. The molecule has 0 saturated carbocycles. The van der Waals surface area contributed by atoms with Crippen LogP contribution in [0.1, 0.15) is 24.3 Å². The third kappa shape index (κ3) is 3.14. The molecular formula is C13H15N3O2S. The second kappa shape index (κ2) is 6.38. The Hall–Kier alpha value is -1.82. The molecule has 0 atom stereocenters. The van der Waals surface area contributed by atoms with Crippen LogP contribution in [0, 0.1) is 0 Å². The van der Waals surface area contributed by atoms with Crippen LogP contribution in [-0.4, -0.2) is 33.7 Å². The van der Waals surface area contributed by atoms with E-state index in [1.165, 1.54) is 4.90 Å².